The average molecular weight is 224 g/mol. The minimum Gasteiger partial charge on any atom is -0.271 e. The van der Waals surface area contributed by atoms with Crippen molar-refractivity contribution in [3.63, 3.8) is 0 Å². The summed E-state index contributed by atoms with van der Waals surface area (Å²) >= 11 is 1.77. The first-order valence-electron chi connectivity index (χ1n) is 5.78. The third kappa shape index (κ3) is 3.03. The normalized spacial score (nSPS) is 20.1. The zero-order valence-corrected chi connectivity index (χ0v) is 10.1. The number of hydrazine groups is 1. The fourth-order valence-corrected chi connectivity index (χ4v) is 2.91. The van der Waals surface area contributed by atoms with Gasteiger partial charge in [0.25, 0.3) is 0 Å². The van der Waals surface area contributed by atoms with E-state index in [-0.39, 0.29) is 0 Å². The van der Waals surface area contributed by atoms with E-state index in [0.717, 1.165) is 24.7 Å². The lowest BCUT2D eigenvalue weighted by Crippen LogP contribution is -2.41. The second-order valence-corrected chi connectivity index (χ2v) is 5.42. The Bertz CT molecular complexity index is 280. The van der Waals surface area contributed by atoms with Crippen LogP contribution in [0.5, 0.6) is 0 Å². The maximum Gasteiger partial charge on any atom is 0.0241 e. The van der Waals surface area contributed by atoms with Gasteiger partial charge in [0.05, 0.1) is 0 Å². The molecule has 2 nitrogen and oxygen atoms in total. The molecule has 1 heterocycles. The summed E-state index contributed by atoms with van der Waals surface area (Å²) in [5, 5.41) is 4.37. The number of hydrogen-bond donors (Lipinski definition) is 2. The summed E-state index contributed by atoms with van der Waals surface area (Å²) in [7, 11) is 0. The van der Waals surface area contributed by atoms with Crippen molar-refractivity contribution in [1.82, 2.24) is 5.43 Å². The number of rotatable bonds is 6. The molecule has 1 fully saturated rings. The van der Waals surface area contributed by atoms with Gasteiger partial charge >= 0.3 is 0 Å². The highest BCUT2D eigenvalue weighted by Gasteiger charge is 2.32. The lowest BCUT2D eigenvalue weighted by atomic mass is 9.92. The van der Waals surface area contributed by atoms with Gasteiger partial charge in [-0.05, 0) is 59.9 Å². The predicted molar refractivity (Wildman–Crippen MR) is 65.6 cm³/mol. The van der Waals surface area contributed by atoms with Crippen LogP contribution in [-0.2, 0) is 6.42 Å². The minimum absolute atomic E-state index is 0.484. The number of hydrogen-bond acceptors (Lipinski definition) is 3. The Morgan fingerprint density at radius 3 is 2.93 bits per heavy atom. The van der Waals surface area contributed by atoms with Crippen LogP contribution in [0.3, 0.4) is 0 Å². The predicted octanol–water partition coefficient (Wildman–Crippen LogP) is 2.56. The molecule has 15 heavy (non-hydrogen) atoms. The molecule has 0 spiro atoms. The Balaban J connectivity index is 1.80. The van der Waals surface area contributed by atoms with E-state index in [4.69, 9.17) is 5.84 Å². The van der Waals surface area contributed by atoms with Crippen molar-refractivity contribution in [1.29, 1.82) is 0 Å². The Labute approximate surface area is 95.8 Å². The van der Waals surface area contributed by atoms with E-state index in [1.165, 1.54) is 18.4 Å². The first-order chi connectivity index (χ1) is 7.31. The standard InChI is InChI=1S/C12H20N2S/c1-9(11-3-4-11)12(14-13)5-2-10-6-7-15-8-10/h6-9,11-12,14H,2-5,13H2,1H3. The second kappa shape index (κ2) is 5.10. The zero-order chi connectivity index (χ0) is 10.7. The van der Waals surface area contributed by atoms with E-state index in [0.29, 0.717) is 6.04 Å². The lowest BCUT2D eigenvalue weighted by Gasteiger charge is -2.22. The fourth-order valence-electron chi connectivity index (χ4n) is 2.21. The summed E-state index contributed by atoms with van der Waals surface area (Å²) in [4.78, 5) is 0. The van der Waals surface area contributed by atoms with Crippen LogP contribution >= 0.6 is 11.3 Å². The molecule has 1 aliphatic rings. The third-order valence-corrected chi connectivity index (χ3v) is 4.27. The van der Waals surface area contributed by atoms with Crippen LogP contribution in [0.25, 0.3) is 0 Å². The van der Waals surface area contributed by atoms with Crippen LogP contribution in [0.1, 0.15) is 31.7 Å². The van der Waals surface area contributed by atoms with Gasteiger partial charge in [0.15, 0.2) is 0 Å². The van der Waals surface area contributed by atoms with Gasteiger partial charge in [-0.3, -0.25) is 11.3 Å². The molecule has 0 aromatic carbocycles. The molecular weight excluding hydrogens is 204 g/mol. The fraction of sp³-hybridized carbons (Fsp3) is 0.667. The van der Waals surface area contributed by atoms with Crippen LogP contribution < -0.4 is 11.3 Å². The van der Waals surface area contributed by atoms with Gasteiger partial charge in [-0.2, -0.15) is 11.3 Å². The van der Waals surface area contributed by atoms with E-state index < -0.39 is 0 Å². The van der Waals surface area contributed by atoms with Crippen molar-refractivity contribution in [3.05, 3.63) is 22.4 Å². The summed E-state index contributed by atoms with van der Waals surface area (Å²) in [5.41, 5.74) is 4.44. The Kier molecular flexibility index (Phi) is 3.78. The van der Waals surface area contributed by atoms with Gasteiger partial charge in [-0.15, -0.1) is 0 Å². The highest BCUT2D eigenvalue weighted by Crippen LogP contribution is 2.38. The first-order valence-corrected chi connectivity index (χ1v) is 6.72. The molecule has 1 aliphatic carbocycles. The molecule has 3 N–H and O–H groups in total. The van der Waals surface area contributed by atoms with E-state index in [1.807, 2.05) is 0 Å². The lowest BCUT2D eigenvalue weighted by molar-refractivity contribution is 0.329. The average Bonchev–Trinajstić information content (AvgIpc) is 2.97. The highest BCUT2D eigenvalue weighted by molar-refractivity contribution is 7.07. The van der Waals surface area contributed by atoms with Crippen LogP contribution in [0, 0.1) is 11.8 Å². The van der Waals surface area contributed by atoms with Crippen LogP contribution in [0.2, 0.25) is 0 Å². The van der Waals surface area contributed by atoms with E-state index in [1.54, 1.807) is 11.3 Å². The van der Waals surface area contributed by atoms with Crippen molar-refractivity contribution in [2.45, 2.75) is 38.6 Å². The molecular formula is C12H20N2S. The van der Waals surface area contributed by atoms with Gasteiger partial charge < -0.3 is 0 Å². The molecule has 0 saturated heterocycles. The molecule has 0 aliphatic heterocycles. The molecule has 1 aromatic rings. The Morgan fingerprint density at radius 1 is 1.60 bits per heavy atom. The summed E-state index contributed by atoms with van der Waals surface area (Å²) in [5.74, 6) is 7.29. The van der Waals surface area contributed by atoms with Crippen molar-refractivity contribution in [2.75, 3.05) is 0 Å². The molecule has 0 radical (unpaired) electrons. The van der Waals surface area contributed by atoms with Gasteiger partial charge in [-0.25, -0.2) is 0 Å². The Hall–Kier alpha value is -0.380. The van der Waals surface area contributed by atoms with E-state index >= 15 is 0 Å². The van der Waals surface area contributed by atoms with Gasteiger partial charge in [-0.1, -0.05) is 6.92 Å². The molecule has 2 atom stereocenters. The monoisotopic (exact) mass is 224 g/mol. The molecule has 0 amide bonds. The second-order valence-electron chi connectivity index (χ2n) is 4.64. The van der Waals surface area contributed by atoms with Gasteiger partial charge in [0.1, 0.15) is 0 Å². The van der Waals surface area contributed by atoms with Crippen LogP contribution in [-0.4, -0.2) is 6.04 Å². The smallest absolute Gasteiger partial charge is 0.0241 e. The van der Waals surface area contributed by atoms with Crippen LogP contribution in [0.15, 0.2) is 16.8 Å². The Morgan fingerprint density at radius 2 is 2.40 bits per heavy atom. The maximum atomic E-state index is 5.63. The topological polar surface area (TPSA) is 38.0 Å². The highest BCUT2D eigenvalue weighted by atomic mass is 32.1. The first kappa shape index (κ1) is 11.1. The molecule has 3 heteroatoms. The molecule has 2 unspecified atom stereocenters. The molecule has 84 valence electrons. The number of aryl methyl sites for hydroxylation is 1. The number of nitrogens with one attached hydrogen (secondary N) is 1. The molecule has 0 bridgehead atoms. The summed E-state index contributed by atoms with van der Waals surface area (Å²) in [6.45, 7) is 2.33. The summed E-state index contributed by atoms with van der Waals surface area (Å²) in [6, 6.07) is 2.69. The maximum absolute atomic E-state index is 5.63. The zero-order valence-electron chi connectivity index (χ0n) is 9.28. The van der Waals surface area contributed by atoms with E-state index in [9.17, 15) is 0 Å². The van der Waals surface area contributed by atoms with Gasteiger partial charge in [0.2, 0.25) is 0 Å². The van der Waals surface area contributed by atoms with Crippen molar-refractivity contribution in [3.8, 4) is 0 Å². The van der Waals surface area contributed by atoms with Crippen molar-refractivity contribution >= 4 is 11.3 Å². The SMILES string of the molecule is CC(C1CC1)C(CCc1ccsc1)NN. The third-order valence-electron chi connectivity index (χ3n) is 3.54. The van der Waals surface area contributed by atoms with Crippen molar-refractivity contribution < 1.29 is 0 Å². The van der Waals surface area contributed by atoms with E-state index in [2.05, 4.69) is 29.2 Å². The molecule has 2 rings (SSSR count). The largest absolute Gasteiger partial charge is 0.271 e. The molecule has 1 saturated carbocycles. The number of nitrogens with two attached hydrogens (primary N) is 1. The van der Waals surface area contributed by atoms with Crippen LogP contribution in [0.4, 0.5) is 0 Å². The minimum atomic E-state index is 0.484. The summed E-state index contributed by atoms with van der Waals surface area (Å²) in [6.07, 6.45) is 5.11. The molecule has 1 aromatic heterocycles. The van der Waals surface area contributed by atoms with Crippen molar-refractivity contribution in [2.24, 2.45) is 17.7 Å². The summed E-state index contributed by atoms with van der Waals surface area (Å²) < 4.78 is 0. The van der Waals surface area contributed by atoms with Gasteiger partial charge in [0, 0.05) is 6.04 Å². The number of thiophene rings is 1. The quantitative estimate of drug-likeness (QED) is 0.576.